The maximum absolute atomic E-state index is 12.9. The van der Waals surface area contributed by atoms with Crippen LogP contribution in [0.2, 0.25) is 0 Å². The number of rotatable bonds is 66. The molecule has 0 bridgehead atoms. The fourth-order valence-electron chi connectivity index (χ4n) is 10.7. The lowest BCUT2D eigenvalue weighted by Gasteiger charge is -2.18. The largest absolute Gasteiger partial charge is 0.462 e. The molecule has 0 aliphatic rings. The minimum absolute atomic E-state index is 0.0716. The highest BCUT2D eigenvalue weighted by molar-refractivity contribution is 5.71. The summed E-state index contributed by atoms with van der Waals surface area (Å²) < 4.78 is 16.9. The van der Waals surface area contributed by atoms with E-state index in [1.165, 1.54) is 263 Å². The van der Waals surface area contributed by atoms with Crippen LogP contribution in [0.3, 0.4) is 0 Å². The van der Waals surface area contributed by atoms with Crippen molar-refractivity contribution in [3.63, 3.8) is 0 Å². The average Bonchev–Trinajstić information content (AvgIpc) is 3.46. The molecule has 0 spiro atoms. The number of hydrogen-bond acceptors (Lipinski definition) is 6. The summed E-state index contributed by atoms with van der Waals surface area (Å²) in [6.45, 7) is 6.63. The molecule has 0 saturated carbocycles. The highest BCUT2D eigenvalue weighted by atomic mass is 16.6. The number of carbonyl (C=O) groups excluding carboxylic acids is 3. The average molecular weight is 1120 g/mol. The van der Waals surface area contributed by atoms with Crippen molar-refractivity contribution in [3.05, 3.63) is 48.6 Å². The third-order valence-electron chi connectivity index (χ3n) is 16.0. The van der Waals surface area contributed by atoms with Crippen molar-refractivity contribution in [2.75, 3.05) is 13.2 Å². The molecule has 0 rings (SSSR count). The molecule has 1 unspecified atom stereocenters. The molecule has 0 aliphatic carbocycles. The smallest absolute Gasteiger partial charge is 0.306 e. The Balaban J connectivity index is 4.13. The third-order valence-corrected chi connectivity index (χ3v) is 16.0. The van der Waals surface area contributed by atoms with Crippen LogP contribution in [0.15, 0.2) is 48.6 Å². The first-order chi connectivity index (χ1) is 39.5. The molecular weight excluding hydrogens is 985 g/mol. The van der Waals surface area contributed by atoms with Crippen molar-refractivity contribution in [1.29, 1.82) is 0 Å². The van der Waals surface area contributed by atoms with Gasteiger partial charge in [-0.1, -0.05) is 339 Å². The quantitative estimate of drug-likeness (QED) is 0.0261. The number of ether oxygens (including phenoxy) is 3. The van der Waals surface area contributed by atoms with Gasteiger partial charge in [-0.15, -0.1) is 0 Å². The van der Waals surface area contributed by atoms with E-state index in [-0.39, 0.29) is 31.1 Å². The Kier molecular flexibility index (Phi) is 66.6. The van der Waals surface area contributed by atoms with Crippen molar-refractivity contribution in [1.82, 2.24) is 0 Å². The van der Waals surface area contributed by atoms with Crippen LogP contribution in [0, 0.1) is 0 Å². The number of hydrogen-bond donors (Lipinski definition) is 0. The summed E-state index contributed by atoms with van der Waals surface area (Å²) in [7, 11) is 0. The van der Waals surface area contributed by atoms with Gasteiger partial charge in [0.2, 0.25) is 0 Å². The van der Waals surface area contributed by atoms with Crippen molar-refractivity contribution >= 4 is 17.9 Å². The van der Waals surface area contributed by atoms with Gasteiger partial charge < -0.3 is 14.2 Å². The van der Waals surface area contributed by atoms with E-state index in [9.17, 15) is 14.4 Å². The molecule has 0 aromatic rings. The van der Waals surface area contributed by atoms with Gasteiger partial charge in [-0.3, -0.25) is 14.4 Å². The molecule has 0 aromatic heterocycles. The molecule has 0 heterocycles. The summed E-state index contributed by atoms with van der Waals surface area (Å²) in [6, 6.07) is 0. The summed E-state index contributed by atoms with van der Waals surface area (Å²) in [5.74, 6) is -0.858. The van der Waals surface area contributed by atoms with E-state index in [4.69, 9.17) is 14.2 Å². The van der Waals surface area contributed by atoms with Crippen LogP contribution in [-0.4, -0.2) is 37.2 Å². The second-order valence-electron chi connectivity index (χ2n) is 24.1. The summed E-state index contributed by atoms with van der Waals surface area (Å²) in [5.41, 5.74) is 0. The highest BCUT2D eigenvalue weighted by Crippen LogP contribution is 2.18. The molecule has 0 N–H and O–H groups in total. The third kappa shape index (κ3) is 66.2. The van der Waals surface area contributed by atoms with Crippen LogP contribution < -0.4 is 0 Å². The van der Waals surface area contributed by atoms with E-state index in [1.807, 2.05) is 0 Å². The first-order valence-corrected chi connectivity index (χ1v) is 35.6. The Hall–Kier alpha value is -2.63. The monoisotopic (exact) mass is 1120 g/mol. The molecule has 0 saturated heterocycles. The number of esters is 3. The zero-order chi connectivity index (χ0) is 57.8. The van der Waals surface area contributed by atoms with E-state index < -0.39 is 6.10 Å². The molecule has 6 nitrogen and oxygen atoms in total. The Morgan fingerprint density at radius 3 is 0.762 bits per heavy atom. The second-order valence-corrected chi connectivity index (χ2v) is 24.1. The maximum atomic E-state index is 12.9. The van der Waals surface area contributed by atoms with Gasteiger partial charge in [0, 0.05) is 19.3 Å². The summed E-state index contributed by atoms with van der Waals surface area (Å²) in [6.07, 6.45) is 87.3. The van der Waals surface area contributed by atoms with Gasteiger partial charge in [0.05, 0.1) is 0 Å². The molecule has 80 heavy (non-hydrogen) atoms. The normalized spacial score (nSPS) is 12.3. The topological polar surface area (TPSA) is 78.9 Å². The van der Waals surface area contributed by atoms with E-state index in [1.54, 1.807) is 0 Å². The highest BCUT2D eigenvalue weighted by Gasteiger charge is 2.19. The summed E-state index contributed by atoms with van der Waals surface area (Å²) >= 11 is 0. The minimum Gasteiger partial charge on any atom is -0.462 e. The van der Waals surface area contributed by atoms with E-state index in [0.29, 0.717) is 19.3 Å². The number of allylic oxidation sites excluding steroid dienone is 8. The predicted octanol–water partition coefficient (Wildman–Crippen LogP) is 24.5. The molecule has 0 radical (unpaired) electrons. The molecule has 6 heteroatoms. The predicted molar refractivity (Wildman–Crippen MR) is 349 cm³/mol. The molecule has 0 amide bonds. The number of carbonyl (C=O) groups is 3. The minimum atomic E-state index is -0.774. The first-order valence-electron chi connectivity index (χ1n) is 35.6. The zero-order valence-electron chi connectivity index (χ0n) is 53.9. The van der Waals surface area contributed by atoms with Gasteiger partial charge >= 0.3 is 17.9 Å². The van der Waals surface area contributed by atoms with Gasteiger partial charge in [0.25, 0.3) is 0 Å². The summed E-state index contributed by atoms with van der Waals surface area (Å²) in [4.78, 5) is 38.3. The van der Waals surface area contributed by atoms with Gasteiger partial charge in [0.1, 0.15) is 13.2 Å². The maximum Gasteiger partial charge on any atom is 0.306 e. The molecule has 0 fully saturated rings. The Bertz CT molecular complexity index is 1380. The Labute approximate surface area is 498 Å². The Morgan fingerprint density at radius 2 is 0.475 bits per heavy atom. The fraction of sp³-hybridized carbons (Fsp3) is 0.851. The lowest BCUT2D eigenvalue weighted by atomic mass is 10.0. The lowest BCUT2D eigenvalue weighted by Crippen LogP contribution is -2.30. The Morgan fingerprint density at radius 1 is 0.250 bits per heavy atom. The SMILES string of the molecule is CCC/C=C\CCCCCCCC(=O)OCC(COC(=O)CCCCCCCCCCCCCCCC/C=C\C/C=C\C/C=C\CCCCCCC)OC(=O)CCCCCCCCCCCCCCCCCCCCCCCCC. The van der Waals surface area contributed by atoms with Crippen molar-refractivity contribution in [2.45, 2.75) is 393 Å². The van der Waals surface area contributed by atoms with Gasteiger partial charge in [-0.25, -0.2) is 0 Å². The van der Waals surface area contributed by atoms with Gasteiger partial charge in [-0.2, -0.15) is 0 Å². The van der Waals surface area contributed by atoms with Crippen molar-refractivity contribution in [2.24, 2.45) is 0 Å². The van der Waals surface area contributed by atoms with Crippen LogP contribution in [-0.2, 0) is 28.6 Å². The van der Waals surface area contributed by atoms with Gasteiger partial charge in [0.15, 0.2) is 6.10 Å². The fourth-order valence-corrected chi connectivity index (χ4v) is 10.7. The molecule has 0 aliphatic heterocycles. The van der Waals surface area contributed by atoms with Crippen LogP contribution in [0.4, 0.5) is 0 Å². The van der Waals surface area contributed by atoms with Crippen LogP contribution in [0.25, 0.3) is 0 Å². The van der Waals surface area contributed by atoms with E-state index in [2.05, 4.69) is 69.4 Å². The second kappa shape index (κ2) is 68.9. The summed E-state index contributed by atoms with van der Waals surface area (Å²) in [5, 5.41) is 0. The standard InChI is InChI=1S/C74H136O6/c1-4-7-10-13-16-19-22-24-26-28-30-32-34-35-36-37-38-39-41-42-44-46-48-50-52-55-58-61-64-67-73(76)79-70-71(69-78-72(75)66-63-60-57-54-21-18-15-12-9-6-3)80-74(77)68-65-62-59-56-53-51-49-47-45-43-40-33-31-29-27-25-23-20-17-14-11-8-5-2/h12,15,22,24,28,30,34-35,71H,4-11,13-14,16-21,23,25-27,29,31-33,36-70H2,1-3H3/b15-12-,24-22-,30-28-,35-34-. The molecule has 468 valence electrons. The van der Waals surface area contributed by atoms with E-state index >= 15 is 0 Å². The number of unbranched alkanes of at least 4 members (excludes halogenated alkanes) is 47. The van der Waals surface area contributed by atoms with Crippen LogP contribution in [0.1, 0.15) is 387 Å². The first kappa shape index (κ1) is 77.4. The van der Waals surface area contributed by atoms with Crippen molar-refractivity contribution in [3.8, 4) is 0 Å². The molecule has 1 atom stereocenters. The molecule has 0 aromatic carbocycles. The van der Waals surface area contributed by atoms with Gasteiger partial charge in [-0.05, 0) is 77.0 Å². The zero-order valence-corrected chi connectivity index (χ0v) is 53.9. The van der Waals surface area contributed by atoms with E-state index in [0.717, 1.165) is 83.5 Å². The van der Waals surface area contributed by atoms with Crippen molar-refractivity contribution < 1.29 is 28.6 Å². The van der Waals surface area contributed by atoms with Crippen LogP contribution in [0.5, 0.6) is 0 Å². The molecular formula is C74H136O6. The van der Waals surface area contributed by atoms with Crippen LogP contribution >= 0.6 is 0 Å². The lowest BCUT2D eigenvalue weighted by molar-refractivity contribution is -0.167.